The second kappa shape index (κ2) is 8.31. The van der Waals surface area contributed by atoms with Gasteiger partial charge in [0.25, 0.3) is 5.56 Å². The van der Waals surface area contributed by atoms with E-state index in [0.717, 1.165) is 44.6 Å². The molecule has 0 bridgehead atoms. The number of carbonyl (C=O) groups is 1. The van der Waals surface area contributed by atoms with E-state index < -0.39 is 0 Å². The topological polar surface area (TPSA) is 63.4 Å². The third-order valence-corrected chi connectivity index (χ3v) is 5.16. The summed E-state index contributed by atoms with van der Waals surface area (Å²) in [7, 11) is 1.85. The van der Waals surface area contributed by atoms with Crippen LogP contribution in [0.3, 0.4) is 0 Å². The average Bonchev–Trinajstić information content (AvgIpc) is 3.15. The van der Waals surface area contributed by atoms with Crippen LogP contribution in [0.25, 0.3) is 0 Å². The minimum absolute atomic E-state index is 0.00839. The summed E-state index contributed by atoms with van der Waals surface area (Å²) in [5.41, 5.74) is 0.787. The van der Waals surface area contributed by atoms with Crippen LogP contribution in [0.15, 0.2) is 41.6 Å². The van der Waals surface area contributed by atoms with E-state index in [9.17, 15) is 9.59 Å². The number of pyridine rings is 1. The number of hydrogen-bond acceptors (Lipinski definition) is 4. The zero-order valence-electron chi connectivity index (χ0n) is 15.5. The molecule has 3 rings (SSSR count). The Kier molecular flexibility index (Phi) is 5.88. The van der Waals surface area contributed by atoms with Gasteiger partial charge >= 0.3 is 0 Å². The van der Waals surface area contributed by atoms with Gasteiger partial charge in [-0.1, -0.05) is 0 Å². The van der Waals surface area contributed by atoms with Crippen molar-refractivity contribution in [2.45, 2.75) is 38.9 Å². The van der Waals surface area contributed by atoms with Crippen molar-refractivity contribution in [3.8, 4) is 0 Å². The number of aromatic nitrogens is 3. The lowest BCUT2D eigenvalue weighted by molar-refractivity contribution is -0.133. The Bertz CT molecular complexity index is 775. The van der Waals surface area contributed by atoms with E-state index >= 15 is 0 Å². The largest absolute Gasteiger partial charge is 0.341 e. The summed E-state index contributed by atoms with van der Waals surface area (Å²) in [5.74, 6) is -0.00839. The van der Waals surface area contributed by atoms with Gasteiger partial charge in [-0.2, -0.15) is 5.10 Å². The maximum absolute atomic E-state index is 12.6. The minimum atomic E-state index is -0.125. The molecule has 140 valence electrons. The highest BCUT2D eigenvalue weighted by Crippen LogP contribution is 2.16. The maximum atomic E-state index is 12.6. The van der Waals surface area contributed by atoms with E-state index in [4.69, 9.17) is 0 Å². The lowest BCUT2D eigenvalue weighted by Crippen LogP contribution is -2.47. The Morgan fingerprint density at radius 3 is 2.69 bits per heavy atom. The van der Waals surface area contributed by atoms with Crippen molar-refractivity contribution in [3.63, 3.8) is 0 Å². The molecule has 0 aromatic carbocycles. The minimum Gasteiger partial charge on any atom is -0.341 e. The van der Waals surface area contributed by atoms with Crippen molar-refractivity contribution >= 4 is 5.91 Å². The molecule has 1 fully saturated rings. The van der Waals surface area contributed by atoms with Crippen LogP contribution < -0.4 is 5.56 Å². The van der Waals surface area contributed by atoms with Gasteiger partial charge in [0.2, 0.25) is 5.91 Å². The van der Waals surface area contributed by atoms with E-state index in [2.05, 4.69) is 10.00 Å². The third kappa shape index (κ3) is 4.60. The molecule has 1 aliphatic rings. The van der Waals surface area contributed by atoms with Gasteiger partial charge < -0.3 is 14.4 Å². The number of hydrogen-bond donors (Lipinski definition) is 0. The van der Waals surface area contributed by atoms with Gasteiger partial charge in [-0.25, -0.2) is 0 Å². The number of amides is 1. The van der Waals surface area contributed by atoms with Gasteiger partial charge in [0.15, 0.2) is 0 Å². The van der Waals surface area contributed by atoms with Crippen molar-refractivity contribution in [1.82, 2.24) is 24.1 Å². The van der Waals surface area contributed by atoms with E-state index in [1.807, 2.05) is 41.9 Å². The summed E-state index contributed by atoms with van der Waals surface area (Å²) < 4.78 is 3.42. The summed E-state index contributed by atoms with van der Waals surface area (Å²) >= 11 is 0. The molecule has 0 unspecified atom stereocenters. The molecule has 0 N–H and O–H groups in total. The highest BCUT2D eigenvalue weighted by molar-refractivity contribution is 5.76. The molecule has 0 saturated carbocycles. The first-order valence-electron chi connectivity index (χ1n) is 9.15. The van der Waals surface area contributed by atoms with Gasteiger partial charge in [0, 0.05) is 57.4 Å². The van der Waals surface area contributed by atoms with Crippen molar-refractivity contribution in [1.29, 1.82) is 0 Å². The zero-order valence-corrected chi connectivity index (χ0v) is 15.5. The summed E-state index contributed by atoms with van der Waals surface area (Å²) in [4.78, 5) is 28.8. The van der Waals surface area contributed by atoms with Crippen LogP contribution in [0.4, 0.5) is 0 Å². The van der Waals surface area contributed by atoms with E-state index in [1.54, 1.807) is 18.5 Å². The standard InChI is InChI=1S/C19H27N5O2/c1-16-4-11-23(18(25)14-16)15-19(26)21(2)17-5-9-22(10-6-17)12-13-24-8-3-7-20-24/h3-4,7-8,11,14,17H,5-6,9-10,12-13,15H2,1-2H3. The van der Waals surface area contributed by atoms with Crippen molar-refractivity contribution < 1.29 is 4.79 Å². The second-order valence-corrected chi connectivity index (χ2v) is 7.02. The van der Waals surface area contributed by atoms with Gasteiger partial charge in [-0.15, -0.1) is 0 Å². The molecular formula is C19H27N5O2. The fraction of sp³-hybridized carbons (Fsp3) is 0.526. The highest BCUT2D eigenvalue weighted by Gasteiger charge is 2.25. The van der Waals surface area contributed by atoms with Gasteiger partial charge in [0.05, 0.1) is 6.54 Å². The molecule has 3 heterocycles. The first kappa shape index (κ1) is 18.4. The number of carbonyl (C=O) groups excluding carboxylic acids is 1. The van der Waals surface area contributed by atoms with Crippen molar-refractivity contribution in [2.75, 3.05) is 26.7 Å². The highest BCUT2D eigenvalue weighted by atomic mass is 16.2. The van der Waals surface area contributed by atoms with Gasteiger partial charge in [-0.05, 0) is 37.5 Å². The van der Waals surface area contributed by atoms with Crippen LogP contribution in [0.2, 0.25) is 0 Å². The number of rotatable bonds is 6. The second-order valence-electron chi connectivity index (χ2n) is 7.02. The summed E-state index contributed by atoms with van der Waals surface area (Å²) in [6.45, 7) is 5.81. The molecule has 1 saturated heterocycles. The third-order valence-electron chi connectivity index (χ3n) is 5.16. The molecule has 2 aromatic heterocycles. The van der Waals surface area contributed by atoms with Crippen LogP contribution in [0, 0.1) is 6.92 Å². The number of likely N-dealkylation sites (N-methyl/N-ethyl adjacent to an activating group) is 1. The zero-order chi connectivity index (χ0) is 18.5. The van der Waals surface area contributed by atoms with E-state index in [-0.39, 0.29) is 24.1 Å². The Morgan fingerprint density at radius 1 is 1.27 bits per heavy atom. The fourth-order valence-corrected chi connectivity index (χ4v) is 3.41. The molecule has 0 radical (unpaired) electrons. The average molecular weight is 357 g/mol. The normalized spacial score (nSPS) is 15.9. The molecule has 0 spiro atoms. The van der Waals surface area contributed by atoms with Crippen LogP contribution >= 0.6 is 0 Å². The smallest absolute Gasteiger partial charge is 0.251 e. The molecule has 7 heteroatoms. The lowest BCUT2D eigenvalue weighted by atomic mass is 10.0. The maximum Gasteiger partial charge on any atom is 0.251 e. The first-order chi connectivity index (χ1) is 12.5. The number of piperidine rings is 1. The Balaban J connectivity index is 1.47. The monoisotopic (exact) mass is 357 g/mol. The Morgan fingerprint density at radius 2 is 2.04 bits per heavy atom. The van der Waals surface area contributed by atoms with Gasteiger partial charge in [-0.3, -0.25) is 14.3 Å². The summed E-state index contributed by atoms with van der Waals surface area (Å²) in [6.07, 6.45) is 7.40. The quantitative estimate of drug-likeness (QED) is 0.773. The van der Waals surface area contributed by atoms with E-state index in [0.29, 0.717) is 0 Å². The van der Waals surface area contributed by atoms with Crippen LogP contribution in [0.1, 0.15) is 18.4 Å². The Labute approximate surface area is 153 Å². The molecule has 26 heavy (non-hydrogen) atoms. The molecule has 7 nitrogen and oxygen atoms in total. The first-order valence-corrected chi connectivity index (χ1v) is 9.15. The number of aryl methyl sites for hydroxylation is 1. The van der Waals surface area contributed by atoms with Crippen molar-refractivity contribution in [3.05, 3.63) is 52.7 Å². The van der Waals surface area contributed by atoms with Crippen molar-refractivity contribution in [2.24, 2.45) is 0 Å². The molecular weight excluding hydrogens is 330 g/mol. The summed E-state index contributed by atoms with van der Waals surface area (Å²) in [6, 6.07) is 5.59. The molecule has 0 aliphatic carbocycles. The predicted octanol–water partition coefficient (Wildman–Crippen LogP) is 0.976. The van der Waals surface area contributed by atoms with Crippen LogP contribution in [-0.2, 0) is 17.9 Å². The lowest BCUT2D eigenvalue weighted by Gasteiger charge is -2.36. The Hall–Kier alpha value is -2.41. The van der Waals surface area contributed by atoms with E-state index in [1.165, 1.54) is 4.57 Å². The SMILES string of the molecule is Cc1ccn(CC(=O)N(C)C2CCN(CCn3cccn3)CC2)c(=O)c1. The molecule has 1 aliphatic heterocycles. The molecule has 0 atom stereocenters. The predicted molar refractivity (Wildman–Crippen MR) is 99.9 cm³/mol. The summed E-state index contributed by atoms with van der Waals surface area (Å²) in [5, 5.41) is 4.23. The van der Waals surface area contributed by atoms with Gasteiger partial charge in [0.1, 0.15) is 6.54 Å². The number of likely N-dealkylation sites (tertiary alicyclic amines) is 1. The molecule has 2 aromatic rings. The number of nitrogens with zero attached hydrogens (tertiary/aromatic N) is 5. The fourth-order valence-electron chi connectivity index (χ4n) is 3.41. The molecule has 1 amide bonds. The van der Waals surface area contributed by atoms with Crippen LogP contribution in [-0.4, -0.2) is 62.8 Å². The van der Waals surface area contributed by atoms with Crippen LogP contribution in [0.5, 0.6) is 0 Å².